The topological polar surface area (TPSA) is 62.7 Å². The molecule has 6 heteroatoms. The lowest BCUT2D eigenvalue weighted by atomic mass is 10.1. The van der Waals surface area contributed by atoms with E-state index in [2.05, 4.69) is 15.5 Å². The summed E-state index contributed by atoms with van der Waals surface area (Å²) in [6, 6.07) is 7.74. The van der Waals surface area contributed by atoms with Crippen LogP contribution < -0.4 is 5.32 Å². The Kier molecular flexibility index (Phi) is 3.14. The van der Waals surface area contributed by atoms with Gasteiger partial charge in [-0.2, -0.15) is 5.10 Å². The molecule has 2 aliphatic carbocycles. The van der Waals surface area contributed by atoms with Crippen molar-refractivity contribution in [2.45, 2.75) is 26.2 Å². The van der Waals surface area contributed by atoms with Crippen LogP contribution in [0.5, 0.6) is 0 Å². The van der Waals surface area contributed by atoms with E-state index < -0.39 is 0 Å². The van der Waals surface area contributed by atoms with Gasteiger partial charge in [-0.25, -0.2) is 0 Å². The summed E-state index contributed by atoms with van der Waals surface area (Å²) in [5.74, 6) is 2.46. The third kappa shape index (κ3) is 2.18. The first-order chi connectivity index (χ1) is 10.6. The summed E-state index contributed by atoms with van der Waals surface area (Å²) >= 11 is 5.25. The first kappa shape index (κ1) is 13.7. The fourth-order valence-electron chi connectivity index (χ4n) is 3.84. The maximum Gasteiger partial charge on any atom is 0.228 e. The number of hydrogen-bond donors (Lipinski definition) is 2. The highest BCUT2D eigenvalue weighted by molar-refractivity contribution is 7.71. The molecule has 0 saturated heterocycles. The molecule has 1 aromatic heterocycles. The maximum atomic E-state index is 12.4. The van der Waals surface area contributed by atoms with E-state index in [4.69, 9.17) is 12.2 Å². The van der Waals surface area contributed by atoms with Crippen molar-refractivity contribution in [3.05, 3.63) is 34.9 Å². The van der Waals surface area contributed by atoms with E-state index in [-0.39, 0.29) is 11.8 Å². The van der Waals surface area contributed by atoms with Gasteiger partial charge in [0.2, 0.25) is 5.91 Å². The van der Waals surface area contributed by atoms with Gasteiger partial charge >= 0.3 is 0 Å². The summed E-state index contributed by atoms with van der Waals surface area (Å²) in [5, 5.41) is 9.95. The smallest absolute Gasteiger partial charge is 0.228 e. The number of anilines is 1. The van der Waals surface area contributed by atoms with Gasteiger partial charge in [0.1, 0.15) is 5.82 Å². The monoisotopic (exact) mass is 314 g/mol. The standard InChI is InChI=1S/C16H18N4OS/c1-9-18-19-16(22)20(9)11-5-2-4-10(8-11)17-15(21)14-12-6-3-7-13(12)14/h2,4-5,8,12-14H,3,6-7H2,1H3,(H,17,21)(H,19,22)/t12-,13-/m0/s1. The number of amides is 1. The number of aryl methyl sites for hydroxylation is 1. The Balaban J connectivity index is 1.55. The van der Waals surface area contributed by atoms with Gasteiger partial charge in [-0.15, -0.1) is 0 Å². The SMILES string of the molecule is Cc1n[nH]c(=S)n1-c1cccc(NC(=O)C2[C@H]3CCC[C@H]23)c1. The molecule has 0 unspecified atom stereocenters. The number of aromatic amines is 1. The van der Waals surface area contributed by atoms with Crippen LogP contribution in [0, 0.1) is 29.4 Å². The first-order valence-corrected chi connectivity index (χ1v) is 8.11. The van der Waals surface area contributed by atoms with Crippen molar-refractivity contribution < 1.29 is 4.79 Å². The predicted octanol–water partition coefficient (Wildman–Crippen LogP) is 3.22. The molecular weight excluding hydrogens is 296 g/mol. The third-order valence-electron chi connectivity index (χ3n) is 4.92. The first-order valence-electron chi connectivity index (χ1n) is 7.70. The Bertz CT molecular complexity index is 783. The molecule has 4 rings (SSSR count). The van der Waals surface area contributed by atoms with Crippen molar-refractivity contribution in [3.63, 3.8) is 0 Å². The van der Waals surface area contributed by atoms with Crippen LogP contribution in [0.15, 0.2) is 24.3 Å². The summed E-state index contributed by atoms with van der Waals surface area (Å²) in [7, 11) is 0. The third-order valence-corrected chi connectivity index (χ3v) is 5.20. The maximum absolute atomic E-state index is 12.4. The van der Waals surface area contributed by atoms with Gasteiger partial charge in [0.15, 0.2) is 4.77 Å². The Labute approximate surface area is 133 Å². The minimum atomic E-state index is 0.166. The molecule has 0 aliphatic heterocycles. The zero-order chi connectivity index (χ0) is 15.3. The Morgan fingerprint density at radius 1 is 1.41 bits per heavy atom. The summed E-state index contributed by atoms with van der Waals surface area (Å²) in [4.78, 5) is 12.4. The molecule has 2 saturated carbocycles. The number of H-pyrrole nitrogens is 1. The fraction of sp³-hybridized carbons (Fsp3) is 0.438. The fourth-order valence-corrected chi connectivity index (χ4v) is 4.12. The number of aromatic nitrogens is 3. The number of carbonyl (C=O) groups excluding carboxylic acids is 1. The van der Waals surface area contributed by atoms with Crippen LogP contribution in [0.1, 0.15) is 25.1 Å². The predicted molar refractivity (Wildman–Crippen MR) is 86.4 cm³/mol. The number of nitrogens with zero attached hydrogens (tertiary/aromatic N) is 2. The lowest BCUT2D eigenvalue weighted by Gasteiger charge is -2.09. The largest absolute Gasteiger partial charge is 0.326 e. The van der Waals surface area contributed by atoms with Crippen molar-refractivity contribution in [2.24, 2.45) is 17.8 Å². The molecule has 2 atom stereocenters. The average molecular weight is 314 g/mol. The van der Waals surface area contributed by atoms with E-state index in [0.29, 0.717) is 16.6 Å². The normalized spacial score (nSPS) is 25.8. The number of fused-ring (bicyclic) bond motifs is 1. The minimum Gasteiger partial charge on any atom is -0.326 e. The lowest BCUT2D eigenvalue weighted by Crippen LogP contribution is -2.16. The lowest BCUT2D eigenvalue weighted by molar-refractivity contribution is -0.118. The van der Waals surface area contributed by atoms with Crippen molar-refractivity contribution in [1.82, 2.24) is 14.8 Å². The molecule has 2 N–H and O–H groups in total. The molecule has 0 radical (unpaired) electrons. The van der Waals surface area contributed by atoms with Crippen LogP contribution >= 0.6 is 12.2 Å². The van der Waals surface area contributed by atoms with Crippen LogP contribution in [-0.2, 0) is 4.79 Å². The molecule has 5 nitrogen and oxygen atoms in total. The molecule has 1 aromatic carbocycles. The molecule has 2 fully saturated rings. The Morgan fingerprint density at radius 2 is 2.18 bits per heavy atom. The van der Waals surface area contributed by atoms with E-state index >= 15 is 0 Å². The van der Waals surface area contributed by atoms with Crippen LogP contribution in [0.4, 0.5) is 5.69 Å². The van der Waals surface area contributed by atoms with E-state index in [1.807, 2.05) is 35.8 Å². The highest BCUT2D eigenvalue weighted by Gasteiger charge is 2.56. The Morgan fingerprint density at radius 3 is 2.86 bits per heavy atom. The van der Waals surface area contributed by atoms with Gasteiger partial charge in [-0.05, 0) is 62.0 Å². The van der Waals surface area contributed by atoms with Crippen molar-refractivity contribution >= 4 is 23.8 Å². The van der Waals surface area contributed by atoms with Gasteiger partial charge < -0.3 is 5.32 Å². The summed E-state index contributed by atoms with van der Waals surface area (Å²) in [5.41, 5.74) is 1.72. The van der Waals surface area contributed by atoms with Crippen LogP contribution in [-0.4, -0.2) is 20.7 Å². The second kappa shape index (κ2) is 5.05. The number of benzene rings is 1. The zero-order valence-electron chi connectivity index (χ0n) is 12.4. The van der Waals surface area contributed by atoms with E-state index in [9.17, 15) is 4.79 Å². The number of nitrogens with one attached hydrogen (secondary N) is 2. The summed E-state index contributed by atoms with van der Waals surface area (Å²) in [6.45, 7) is 1.89. The second-order valence-corrected chi connectivity index (χ2v) is 6.62. The highest BCUT2D eigenvalue weighted by Crippen LogP contribution is 2.57. The van der Waals surface area contributed by atoms with Crippen LogP contribution in [0.25, 0.3) is 5.69 Å². The van der Waals surface area contributed by atoms with Crippen LogP contribution in [0.2, 0.25) is 0 Å². The molecular formula is C16H18N4OS. The zero-order valence-corrected chi connectivity index (χ0v) is 13.2. The molecule has 114 valence electrons. The number of carbonyl (C=O) groups is 1. The van der Waals surface area contributed by atoms with E-state index in [1.54, 1.807) is 0 Å². The molecule has 0 bridgehead atoms. The molecule has 22 heavy (non-hydrogen) atoms. The second-order valence-electron chi connectivity index (χ2n) is 6.24. The minimum absolute atomic E-state index is 0.166. The van der Waals surface area contributed by atoms with Gasteiger partial charge in [-0.3, -0.25) is 14.5 Å². The van der Waals surface area contributed by atoms with Gasteiger partial charge in [0, 0.05) is 11.6 Å². The summed E-state index contributed by atoms with van der Waals surface area (Å²) in [6.07, 6.45) is 3.71. The van der Waals surface area contributed by atoms with Crippen LogP contribution in [0.3, 0.4) is 0 Å². The highest BCUT2D eigenvalue weighted by atomic mass is 32.1. The van der Waals surface area contributed by atoms with E-state index in [0.717, 1.165) is 17.2 Å². The van der Waals surface area contributed by atoms with E-state index in [1.165, 1.54) is 19.3 Å². The molecule has 0 spiro atoms. The molecule has 1 heterocycles. The molecule has 2 aliphatic rings. The molecule has 1 amide bonds. The van der Waals surface area contributed by atoms with Gasteiger partial charge in [0.25, 0.3) is 0 Å². The quantitative estimate of drug-likeness (QED) is 0.855. The average Bonchev–Trinajstić information content (AvgIpc) is 2.81. The van der Waals surface area contributed by atoms with Crippen molar-refractivity contribution in [1.29, 1.82) is 0 Å². The number of rotatable bonds is 3. The van der Waals surface area contributed by atoms with Crippen molar-refractivity contribution in [3.8, 4) is 5.69 Å². The van der Waals surface area contributed by atoms with Gasteiger partial charge in [0.05, 0.1) is 5.69 Å². The van der Waals surface area contributed by atoms with Gasteiger partial charge in [-0.1, -0.05) is 12.5 Å². The molecule has 2 aromatic rings. The number of hydrogen-bond acceptors (Lipinski definition) is 3. The Hall–Kier alpha value is -1.95. The summed E-state index contributed by atoms with van der Waals surface area (Å²) < 4.78 is 2.41. The van der Waals surface area contributed by atoms with Crippen molar-refractivity contribution in [2.75, 3.05) is 5.32 Å².